The van der Waals surface area contributed by atoms with Crippen molar-refractivity contribution < 1.29 is 42.5 Å². The summed E-state index contributed by atoms with van der Waals surface area (Å²) in [6, 6.07) is 10.8. The van der Waals surface area contributed by atoms with Gasteiger partial charge in [-0.05, 0) is 49.9 Å². The maximum absolute atomic E-state index is 13.3. The summed E-state index contributed by atoms with van der Waals surface area (Å²) in [5.41, 5.74) is 1.81. The molecule has 1 aliphatic heterocycles. The number of nitrogens with one attached hydrogen (secondary N) is 1. The Kier molecular flexibility index (Phi) is 10.7. The minimum Gasteiger partial charge on any atom is -0.488 e. The monoisotopic (exact) mass is 579 g/mol. The van der Waals surface area contributed by atoms with Crippen LogP contribution in [0.4, 0.5) is 18.9 Å². The van der Waals surface area contributed by atoms with Gasteiger partial charge in [-0.2, -0.15) is 13.2 Å². The first-order valence-electron chi connectivity index (χ1n) is 13.3. The van der Waals surface area contributed by atoms with Crippen molar-refractivity contribution >= 4 is 23.5 Å². The molecule has 0 fully saturated rings. The number of halogens is 3. The highest BCUT2D eigenvalue weighted by molar-refractivity contribution is 5.91. The fraction of sp³-hybridized carbons (Fsp3) is 0.483. The molecule has 0 radical (unpaired) electrons. The summed E-state index contributed by atoms with van der Waals surface area (Å²) < 4.78 is 44.0. The second-order valence-corrected chi connectivity index (χ2v) is 10.6. The van der Waals surface area contributed by atoms with E-state index >= 15 is 0 Å². The van der Waals surface area contributed by atoms with E-state index in [0.29, 0.717) is 30.9 Å². The SMILES string of the molecule is C[C@@H]1CN([C@H](C)CO)C(=O)Cc2cc(NC(=O)CCC(F)(F)F)ccc2O[C@@H]1CN(C)Cc1ccc(C(=O)O)cc1. The highest BCUT2D eigenvalue weighted by Gasteiger charge is 2.31. The Morgan fingerprint density at radius 3 is 2.49 bits per heavy atom. The highest BCUT2D eigenvalue weighted by atomic mass is 19.4. The van der Waals surface area contributed by atoms with Gasteiger partial charge in [-0.1, -0.05) is 19.1 Å². The summed E-state index contributed by atoms with van der Waals surface area (Å²) in [4.78, 5) is 40.2. The third kappa shape index (κ3) is 9.46. The highest BCUT2D eigenvalue weighted by Crippen LogP contribution is 2.30. The van der Waals surface area contributed by atoms with E-state index < -0.39 is 43.0 Å². The van der Waals surface area contributed by atoms with Crippen molar-refractivity contribution in [1.29, 1.82) is 0 Å². The molecule has 0 bridgehead atoms. The molecule has 0 spiro atoms. The molecule has 12 heteroatoms. The van der Waals surface area contributed by atoms with Crippen LogP contribution in [0.15, 0.2) is 42.5 Å². The van der Waals surface area contributed by atoms with E-state index in [1.54, 1.807) is 42.2 Å². The number of aromatic carboxylic acids is 1. The topological polar surface area (TPSA) is 119 Å². The number of amides is 2. The van der Waals surface area contributed by atoms with E-state index in [2.05, 4.69) is 5.32 Å². The number of hydrogen-bond donors (Lipinski definition) is 3. The van der Waals surface area contributed by atoms with Crippen LogP contribution in [0.3, 0.4) is 0 Å². The molecule has 0 saturated carbocycles. The van der Waals surface area contributed by atoms with Crippen LogP contribution in [-0.2, 0) is 22.6 Å². The Hall–Kier alpha value is -3.64. The van der Waals surface area contributed by atoms with E-state index in [1.807, 2.05) is 18.9 Å². The Morgan fingerprint density at radius 2 is 1.88 bits per heavy atom. The predicted octanol–water partition coefficient (Wildman–Crippen LogP) is 3.95. The standard InChI is InChI=1S/C29H36F3N3O6/c1-18-14-35(19(2)17-36)27(38)13-22-12-23(33-26(37)10-11-29(30,31)32)8-9-24(22)41-25(18)16-34(3)15-20-4-6-21(7-5-20)28(39)40/h4-9,12,18-19,25,36H,10-11,13-17H2,1-3H3,(H,33,37)(H,39,40)/t18-,19-,25-/m1/s1. The second kappa shape index (κ2) is 13.8. The molecule has 224 valence electrons. The Bertz CT molecular complexity index is 1220. The van der Waals surface area contributed by atoms with Crippen LogP contribution in [0.1, 0.15) is 48.2 Å². The second-order valence-electron chi connectivity index (χ2n) is 10.6. The predicted molar refractivity (Wildman–Crippen MR) is 146 cm³/mol. The fourth-order valence-corrected chi connectivity index (χ4v) is 4.64. The van der Waals surface area contributed by atoms with Crippen molar-refractivity contribution in [3.63, 3.8) is 0 Å². The van der Waals surface area contributed by atoms with Gasteiger partial charge in [0.2, 0.25) is 11.8 Å². The van der Waals surface area contributed by atoms with Gasteiger partial charge in [0.05, 0.1) is 31.1 Å². The van der Waals surface area contributed by atoms with Gasteiger partial charge < -0.3 is 25.2 Å². The van der Waals surface area contributed by atoms with Gasteiger partial charge in [-0.25, -0.2) is 4.79 Å². The summed E-state index contributed by atoms with van der Waals surface area (Å²) in [6.07, 6.45) is -6.89. The van der Waals surface area contributed by atoms with Crippen molar-refractivity contribution in [2.75, 3.05) is 32.1 Å². The van der Waals surface area contributed by atoms with Crippen LogP contribution >= 0.6 is 0 Å². The summed E-state index contributed by atoms with van der Waals surface area (Å²) in [7, 11) is 1.90. The maximum Gasteiger partial charge on any atom is 0.389 e. The third-order valence-electron chi connectivity index (χ3n) is 6.98. The molecule has 9 nitrogen and oxygen atoms in total. The summed E-state index contributed by atoms with van der Waals surface area (Å²) in [6.45, 7) is 4.73. The molecule has 3 atom stereocenters. The van der Waals surface area contributed by atoms with Crippen LogP contribution in [0.5, 0.6) is 5.75 Å². The van der Waals surface area contributed by atoms with Gasteiger partial charge in [-0.15, -0.1) is 0 Å². The number of carboxylic acid groups (broad SMARTS) is 1. The molecule has 0 aliphatic carbocycles. The van der Waals surface area contributed by atoms with E-state index in [1.165, 1.54) is 12.1 Å². The van der Waals surface area contributed by atoms with E-state index in [0.717, 1.165) is 5.56 Å². The molecule has 1 heterocycles. The Labute approximate surface area is 236 Å². The lowest BCUT2D eigenvalue weighted by Crippen LogP contribution is -2.47. The molecule has 2 aromatic carbocycles. The lowest BCUT2D eigenvalue weighted by atomic mass is 10.0. The number of benzene rings is 2. The molecule has 1 aliphatic rings. The van der Waals surface area contributed by atoms with Crippen molar-refractivity contribution in [2.24, 2.45) is 5.92 Å². The number of alkyl halides is 3. The van der Waals surface area contributed by atoms with Crippen LogP contribution in [0.2, 0.25) is 0 Å². The lowest BCUT2D eigenvalue weighted by molar-refractivity contribution is -0.142. The molecule has 2 amide bonds. The van der Waals surface area contributed by atoms with Crippen LogP contribution in [0, 0.1) is 5.92 Å². The first-order chi connectivity index (χ1) is 19.3. The van der Waals surface area contributed by atoms with Crippen molar-refractivity contribution in [2.45, 2.75) is 58.0 Å². The zero-order valence-electron chi connectivity index (χ0n) is 23.3. The van der Waals surface area contributed by atoms with Gasteiger partial charge in [0, 0.05) is 43.2 Å². The summed E-state index contributed by atoms with van der Waals surface area (Å²) >= 11 is 0. The third-order valence-corrected chi connectivity index (χ3v) is 6.98. The zero-order valence-corrected chi connectivity index (χ0v) is 23.3. The van der Waals surface area contributed by atoms with Gasteiger partial charge in [-0.3, -0.25) is 14.5 Å². The Morgan fingerprint density at radius 1 is 1.20 bits per heavy atom. The minimum absolute atomic E-state index is 0.0862. The molecule has 2 aromatic rings. The van der Waals surface area contributed by atoms with Crippen molar-refractivity contribution in [1.82, 2.24) is 9.80 Å². The number of carbonyl (C=O) groups is 3. The number of nitrogens with zero attached hydrogens (tertiary/aromatic N) is 2. The number of rotatable bonds is 10. The first-order valence-corrected chi connectivity index (χ1v) is 13.3. The van der Waals surface area contributed by atoms with Crippen LogP contribution in [0.25, 0.3) is 0 Å². The number of anilines is 1. The van der Waals surface area contributed by atoms with E-state index in [9.17, 15) is 32.7 Å². The smallest absolute Gasteiger partial charge is 0.389 e. The zero-order chi connectivity index (χ0) is 30.3. The summed E-state index contributed by atoms with van der Waals surface area (Å²) in [5, 5.41) is 21.4. The maximum atomic E-state index is 13.3. The number of likely N-dealkylation sites (N-methyl/N-ethyl adjacent to an activating group) is 1. The number of aliphatic hydroxyl groups is 1. The Balaban J connectivity index is 1.83. The molecular formula is C29H36F3N3O6. The minimum atomic E-state index is -4.45. The molecule has 0 saturated heterocycles. The first kappa shape index (κ1) is 31.9. The number of carbonyl (C=O) groups excluding carboxylic acids is 2. The average Bonchev–Trinajstić information content (AvgIpc) is 2.94. The fourth-order valence-electron chi connectivity index (χ4n) is 4.64. The number of aliphatic hydroxyl groups excluding tert-OH is 1. The van der Waals surface area contributed by atoms with Gasteiger partial charge in [0.1, 0.15) is 11.9 Å². The summed E-state index contributed by atoms with van der Waals surface area (Å²) in [5.74, 6) is -1.79. The normalized spacial score (nSPS) is 18.5. The van der Waals surface area contributed by atoms with Crippen molar-refractivity contribution in [3.05, 3.63) is 59.2 Å². The number of carboxylic acids is 1. The lowest BCUT2D eigenvalue weighted by Gasteiger charge is -2.34. The van der Waals surface area contributed by atoms with Crippen LogP contribution < -0.4 is 10.1 Å². The molecule has 41 heavy (non-hydrogen) atoms. The number of hydrogen-bond acceptors (Lipinski definition) is 6. The van der Waals surface area contributed by atoms with Crippen molar-refractivity contribution in [3.8, 4) is 5.75 Å². The van der Waals surface area contributed by atoms with Gasteiger partial charge in [0.15, 0.2) is 0 Å². The van der Waals surface area contributed by atoms with E-state index in [-0.39, 0.29) is 36.1 Å². The molecule has 3 N–H and O–H groups in total. The van der Waals surface area contributed by atoms with E-state index in [4.69, 9.17) is 9.84 Å². The molecule has 3 rings (SSSR count). The van der Waals surface area contributed by atoms with Crippen LogP contribution in [-0.4, -0.2) is 82.9 Å². The molecular weight excluding hydrogens is 543 g/mol. The number of ether oxygens (including phenoxy) is 1. The largest absolute Gasteiger partial charge is 0.488 e. The van der Waals surface area contributed by atoms with Gasteiger partial charge in [0.25, 0.3) is 0 Å². The average molecular weight is 580 g/mol. The molecule has 0 unspecified atom stereocenters. The number of fused-ring (bicyclic) bond motifs is 1. The molecule has 0 aromatic heterocycles. The quantitative estimate of drug-likeness (QED) is 0.390. The van der Waals surface area contributed by atoms with Gasteiger partial charge >= 0.3 is 12.1 Å².